The molecule has 5 heteroatoms. The SMILES string of the molecule is C[C@H](Cc1ccnc(CC(=O)Nc2ccccc2)c1)NC[C@H](O)c1ccccc1. The van der Waals surface area contributed by atoms with Gasteiger partial charge in [0, 0.05) is 30.2 Å². The Morgan fingerprint density at radius 2 is 1.72 bits per heavy atom. The normalized spacial score (nSPS) is 12.9. The van der Waals surface area contributed by atoms with Crippen LogP contribution in [0.4, 0.5) is 5.69 Å². The lowest BCUT2D eigenvalue weighted by molar-refractivity contribution is -0.115. The molecular weight excluding hydrogens is 362 g/mol. The van der Waals surface area contributed by atoms with Crippen molar-refractivity contribution in [1.82, 2.24) is 10.3 Å². The molecule has 5 nitrogen and oxygen atoms in total. The van der Waals surface area contributed by atoms with Crippen LogP contribution in [0.15, 0.2) is 79.0 Å². The Morgan fingerprint density at radius 3 is 2.45 bits per heavy atom. The Kier molecular flexibility index (Phi) is 7.50. The van der Waals surface area contributed by atoms with Crippen LogP contribution < -0.4 is 10.6 Å². The molecular formula is C24H27N3O2. The Morgan fingerprint density at radius 1 is 1.03 bits per heavy atom. The molecule has 0 aliphatic rings. The number of rotatable bonds is 9. The van der Waals surface area contributed by atoms with Crippen LogP contribution in [0.3, 0.4) is 0 Å². The third-order valence-electron chi connectivity index (χ3n) is 4.67. The van der Waals surface area contributed by atoms with Crippen LogP contribution in [0.5, 0.6) is 0 Å². The van der Waals surface area contributed by atoms with Crippen molar-refractivity contribution in [2.45, 2.75) is 31.9 Å². The molecule has 2 aromatic carbocycles. The number of hydrogen-bond acceptors (Lipinski definition) is 4. The van der Waals surface area contributed by atoms with E-state index < -0.39 is 6.10 Å². The van der Waals surface area contributed by atoms with Crippen molar-refractivity contribution in [3.63, 3.8) is 0 Å². The van der Waals surface area contributed by atoms with Crippen molar-refractivity contribution < 1.29 is 9.90 Å². The van der Waals surface area contributed by atoms with E-state index >= 15 is 0 Å². The van der Waals surface area contributed by atoms with Crippen LogP contribution in [0.2, 0.25) is 0 Å². The molecule has 29 heavy (non-hydrogen) atoms. The van der Waals surface area contributed by atoms with Gasteiger partial charge in [0.1, 0.15) is 0 Å². The smallest absolute Gasteiger partial charge is 0.230 e. The summed E-state index contributed by atoms with van der Waals surface area (Å²) in [6.07, 6.45) is 2.23. The molecule has 0 radical (unpaired) electrons. The van der Waals surface area contributed by atoms with Gasteiger partial charge in [-0.25, -0.2) is 0 Å². The van der Waals surface area contributed by atoms with E-state index in [0.717, 1.165) is 28.9 Å². The van der Waals surface area contributed by atoms with E-state index in [2.05, 4.69) is 22.5 Å². The number of amides is 1. The average Bonchev–Trinajstić information content (AvgIpc) is 2.73. The molecule has 1 aromatic heterocycles. The van der Waals surface area contributed by atoms with Gasteiger partial charge in [-0.3, -0.25) is 9.78 Å². The quantitative estimate of drug-likeness (QED) is 0.524. The molecule has 0 fully saturated rings. The molecule has 0 bridgehead atoms. The fourth-order valence-electron chi connectivity index (χ4n) is 3.17. The molecule has 3 N–H and O–H groups in total. The minimum absolute atomic E-state index is 0.0852. The van der Waals surface area contributed by atoms with Gasteiger partial charge in [-0.1, -0.05) is 48.5 Å². The monoisotopic (exact) mass is 389 g/mol. The Labute approximate surface area is 171 Å². The lowest BCUT2D eigenvalue weighted by Gasteiger charge is -2.18. The maximum absolute atomic E-state index is 12.2. The zero-order chi connectivity index (χ0) is 20.5. The van der Waals surface area contributed by atoms with Gasteiger partial charge < -0.3 is 15.7 Å². The molecule has 0 aliphatic carbocycles. The third-order valence-corrected chi connectivity index (χ3v) is 4.67. The molecule has 0 aliphatic heterocycles. The predicted octanol–water partition coefficient (Wildman–Crippen LogP) is 3.52. The minimum atomic E-state index is -0.534. The topological polar surface area (TPSA) is 74.2 Å². The van der Waals surface area contributed by atoms with Crippen molar-refractivity contribution in [1.29, 1.82) is 0 Å². The average molecular weight is 389 g/mol. The number of para-hydroxylation sites is 1. The summed E-state index contributed by atoms with van der Waals surface area (Å²) in [7, 11) is 0. The predicted molar refractivity (Wildman–Crippen MR) is 116 cm³/mol. The molecule has 3 aromatic rings. The zero-order valence-corrected chi connectivity index (χ0v) is 16.6. The summed E-state index contributed by atoms with van der Waals surface area (Å²) in [6.45, 7) is 2.57. The fraction of sp³-hybridized carbons (Fsp3) is 0.250. The van der Waals surface area contributed by atoms with Crippen molar-refractivity contribution in [2.24, 2.45) is 0 Å². The van der Waals surface area contributed by atoms with E-state index in [0.29, 0.717) is 6.54 Å². The van der Waals surface area contributed by atoms with Crippen LogP contribution in [0, 0.1) is 0 Å². The summed E-state index contributed by atoms with van der Waals surface area (Å²) in [6, 6.07) is 23.2. The molecule has 150 valence electrons. The molecule has 0 saturated heterocycles. The van der Waals surface area contributed by atoms with Gasteiger partial charge in [-0.15, -0.1) is 0 Å². The van der Waals surface area contributed by atoms with Crippen LogP contribution in [0.25, 0.3) is 0 Å². The summed E-state index contributed by atoms with van der Waals surface area (Å²) >= 11 is 0. The van der Waals surface area contributed by atoms with Gasteiger partial charge in [0.25, 0.3) is 0 Å². The number of hydrogen-bond donors (Lipinski definition) is 3. The van der Waals surface area contributed by atoms with E-state index in [1.54, 1.807) is 6.20 Å². The summed E-state index contributed by atoms with van der Waals surface area (Å²) in [5, 5.41) is 16.5. The molecule has 1 amide bonds. The Bertz CT molecular complexity index is 900. The van der Waals surface area contributed by atoms with Crippen LogP contribution in [-0.4, -0.2) is 28.6 Å². The van der Waals surface area contributed by atoms with Crippen LogP contribution in [0.1, 0.15) is 29.8 Å². The number of anilines is 1. The van der Waals surface area contributed by atoms with Gasteiger partial charge in [0.05, 0.1) is 12.5 Å². The first-order valence-corrected chi connectivity index (χ1v) is 9.85. The first kappa shape index (κ1) is 20.7. The molecule has 2 atom stereocenters. The second-order valence-electron chi connectivity index (χ2n) is 7.19. The highest BCUT2D eigenvalue weighted by Crippen LogP contribution is 2.12. The first-order valence-electron chi connectivity index (χ1n) is 9.85. The number of carbonyl (C=O) groups excluding carboxylic acids is 1. The second kappa shape index (κ2) is 10.5. The highest BCUT2D eigenvalue weighted by Gasteiger charge is 2.11. The number of nitrogens with one attached hydrogen (secondary N) is 2. The van der Waals surface area contributed by atoms with Gasteiger partial charge in [-0.2, -0.15) is 0 Å². The summed E-state index contributed by atoms with van der Waals surface area (Å²) in [5.41, 5.74) is 3.54. The maximum atomic E-state index is 12.2. The molecule has 0 saturated carbocycles. The zero-order valence-electron chi connectivity index (χ0n) is 16.6. The van der Waals surface area contributed by atoms with Crippen LogP contribution in [-0.2, 0) is 17.6 Å². The number of aliphatic hydroxyl groups is 1. The van der Waals surface area contributed by atoms with Crippen molar-refractivity contribution in [3.8, 4) is 0 Å². The third kappa shape index (κ3) is 6.82. The lowest BCUT2D eigenvalue weighted by atomic mass is 10.1. The second-order valence-corrected chi connectivity index (χ2v) is 7.19. The first-order chi connectivity index (χ1) is 14.1. The van der Waals surface area contributed by atoms with Gasteiger partial charge >= 0.3 is 0 Å². The van der Waals surface area contributed by atoms with Crippen molar-refractivity contribution in [2.75, 3.05) is 11.9 Å². The molecule has 1 heterocycles. The number of aromatic nitrogens is 1. The fourth-order valence-corrected chi connectivity index (χ4v) is 3.17. The number of aliphatic hydroxyl groups excluding tert-OH is 1. The highest BCUT2D eigenvalue weighted by atomic mass is 16.3. The van der Waals surface area contributed by atoms with Gasteiger partial charge in [0.15, 0.2) is 0 Å². The van der Waals surface area contributed by atoms with E-state index in [1.165, 1.54) is 0 Å². The maximum Gasteiger partial charge on any atom is 0.230 e. The standard InChI is InChI=1S/C24H27N3O2/c1-18(26-17-23(28)20-8-4-2-5-9-20)14-19-12-13-25-22(15-19)16-24(29)27-21-10-6-3-7-11-21/h2-13,15,18,23,26,28H,14,16-17H2,1H3,(H,27,29)/t18-,23+/m1/s1. The summed E-state index contributed by atoms with van der Waals surface area (Å²) in [4.78, 5) is 16.6. The molecule has 0 unspecified atom stereocenters. The number of pyridine rings is 1. The van der Waals surface area contributed by atoms with E-state index in [-0.39, 0.29) is 18.4 Å². The Hall–Kier alpha value is -3.02. The molecule has 0 spiro atoms. The lowest BCUT2D eigenvalue weighted by Crippen LogP contribution is -2.32. The number of benzene rings is 2. The summed E-state index contributed by atoms with van der Waals surface area (Å²) in [5.74, 6) is -0.0852. The minimum Gasteiger partial charge on any atom is -0.387 e. The molecule has 3 rings (SSSR count). The Balaban J connectivity index is 1.49. The summed E-state index contributed by atoms with van der Waals surface area (Å²) < 4.78 is 0. The highest BCUT2D eigenvalue weighted by molar-refractivity contribution is 5.91. The van der Waals surface area contributed by atoms with Crippen molar-refractivity contribution >= 4 is 11.6 Å². The van der Waals surface area contributed by atoms with E-state index in [9.17, 15) is 9.90 Å². The van der Waals surface area contributed by atoms with Gasteiger partial charge in [0.2, 0.25) is 5.91 Å². The van der Waals surface area contributed by atoms with Crippen molar-refractivity contribution in [3.05, 3.63) is 95.8 Å². The van der Waals surface area contributed by atoms with Crippen LogP contribution >= 0.6 is 0 Å². The van der Waals surface area contributed by atoms with E-state index in [1.807, 2.05) is 72.8 Å². The largest absolute Gasteiger partial charge is 0.387 e. The van der Waals surface area contributed by atoms with E-state index in [4.69, 9.17) is 0 Å². The number of carbonyl (C=O) groups is 1. The van der Waals surface area contributed by atoms with Gasteiger partial charge in [-0.05, 0) is 48.7 Å². The number of nitrogens with zero attached hydrogens (tertiary/aromatic N) is 1.